The van der Waals surface area contributed by atoms with E-state index in [2.05, 4.69) is 10.3 Å². The molecule has 5 nitrogen and oxygen atoms in total. The Hall–Kier alpha value is -1.78. The second kappa shape index (κ2) is 5.69. The predicted octanol–water partition coefficient (Wildman–Crippen LogP) is 4.22. The summed E-state index contributed by atoms with van der Waals surface area (Å²) in [5.41, 5.74) is 0.237. The molecule has 1 aromatic carbocycles. The van der Waals surface area contributed by atoms with Crippen LogP contribution in [0.5, 0.6) is 0 Å². The minimum Gasteiger partial charge on any atom is -0.444 e. The molecule has 0 atom stereocenters. The van der Waals surface area contributed by atoms with E-state index >= 15 is 0 Å². The molecule has 104 valence electrons. The maximum atomic E-state index is 11.7. The Labute approximate surface area is 125 Å². The molecular formula is C13H13N3O2S2. The van der Waals surface area contributed by atoms with Gasteiger partial charge in [0, 0.05) is 4.90 Å². The molecule has 0 aliphatic heterocycles. The zero-order chi connectivity index (χ0) is 14.8. The Kier molecular flexibility index (Phi) is 4.16. The fraction of sp³-hybridized carbons (Fsp3) is 0.308. The van der Waals surface area contributed by atoms with E-state index in [4.69, 9.17) is 10.00 Å². The number of carbonyl (C=O) groups is 1. The summed E-state index contributed by atoms with van der Waals surface area (Å²) < 4.78 is 6.08. The fourth-order valence-electron chi connectivity index (χ4n) is 1.47. The standard InChI is InChI=1S/C13H13N3O2S2/c1-13(2,3)18-12(17)16-11-15-9-5-4-8(19-7-14)6-10(9)20-11/h4-6H,1-3H3,(H,15,16,17). The van der Waals surface area contributed by atoms with Gasteiger partial charge in [0.2, 0.25) is 0 Å². The summed E-state index contributed by atoms with van der Waals surface area (Å²) in [5.74, 6) is 0. The Morgan fingerprint density at radius 2 is 2.25 bits per heavy atom. The molecule has 0 fully saturated rings. The van der Waals surface area contributed by atoms with Crippen LogP contribution in [-0.2, 0) is 4.74 Å². The zero-order valence-electron chi connectivity index (χ0n) is 11.3. The Bertz CT molecular complexity index is 683. The first-order valence-corrected chi connectivity index (χ1v) is 7.47. The number of nitrogens with one attached hydrogen (secondary N) is 1. The monoisotopic (exact) mass is 307 g/mol. The number of nitrogens with zero attached hydrogens (tertiary/aromatic N) is 2. The van der Waals surface area contributed by atoms with Crippen molar-refractivity contribution in [2.75, 3.05) is 5.32 Å². The number of carbonyl (C=O) groups excluding carboxylic acids is 1. The molecule has 7 heteroatoms. The Balaban J connectivity index is 2.16. The third-order valence-electron chi connectivity index (χ3n) is 2.13. The number of nitriles is 1. The lowest BCUT2D eigenvalue weighted by Gasteiger charge is -2.18. The largest absolute Gasteiger partial charge is 0.444 e. The van der Waals surface area contributed by atoms with Crippen molar-refractivity contribution in [3.8, 4) is 5.40 Å². The summed E-state index contributed by atoms with van der Waals surface area (Å²) in [6.45, 7) is 5.41. The first kappa shape index (κ1) is 14.6. The van der Waals surface area contributed by atoms with Crippen molar-refractivity contribution < 1.29 is 9.53 Å². The molecule has 0 radical (unpaired) electrons. The van der Waals surface area contributed by atoms with Crippen molar-refractivity contribution in [3.63, 3.8) is 0 Å². The first-order chi connectivity index (χ1) is 9.37. The van der Waals surface area contributed by atoms with Gasteiger partial charge in [-0.25, -0.2) is 9.78 Å². The number of thioether (sulfide) groups is 1. The molecule has 1 N–H and O–H groups in total. The maximum Gasteiger partial charge on any atom is 0.413 e. The van der Waals surface area contributed by atoms with Crippen molar-refractivity contribution >= 4 is 44.5 Å². The molecule has 0 saturated carbocycles. The highest BCUT2D eigenvalue weighted by Crippen LogP contribution is 2.30. The van der Waals surface area contributed by atoms with Gasteiger partial charge in [0.25, 0.3) is 0 Å². The van der Waals surface area contributed by atoms with Crippen LogP contribution >= 0.6 is 23.1 Å². The molecule has 20 heavy (non-hydrogen) atoms. The van der Waals surface area contributed by atoms with Gasteiger partial charge in [-0.15, -0.1) is 0 Å². The van der Waals surface area contributed by atoms with Crippen LogP contribution in [0.25, 0.3) is 10.2 Å². The van der Waals surface area contributed by atoms with Crippen molar-refractivity contribution in [1.29, 1.82) is 5.26 Å². The van der Waals surface area contributed by atoms with Gasteiger partial charge >= 0.3 is 6.09 Å². The molecular weight excluding hydrogens is 294 g/mol. The summed E-state index contributed by atoms with van der Waals surface area (Å²) >= 11 is 2.44. The average molecular weight is 307 g/mol. The normalized spacial score (nSPS) is 11.1. The van der Waals surface area contributed by atoms with Crippen LogP contribution in [0, 0.1) is 10.7 Å². The fourth-order valence-corrected chi connectivity index (χ4v) is 2.85. The van der Waals surface area contributed by atoms with Crippen LogP contribution in [0.1, 0.15) is 20.8 Å². The van der Waals surface area contributed by atoms with Crippen molar-refractivity contribution in [2.45, 2.75) is 31.3 Å². The topological polar surface area (TPSA) is 75.0 Å². The van der Waals surface area contributed by atoms with Gasteiger partial charge in [-0.1, -0.05) is 11.3 Å². The number of amides is 1. The molecule has 0 unspecified atom stereocenters. The van der Waals surface area contributed by atoms with E-state index in [1.807, 2.05) is 23.6 Å². The Morgan fingerprint density at radius 3 is 2.90 bits per heavy atom. The molecule has 0 aliphatic rings. The van der Waals surface area contributed by atoms with Crippen molar-refractivity contribution in [1.82, 2.24) is 4.98 Å². The molecule has 2 rings (SSSR count). The Morgan fingerprint density at radius 1 is 1.50 bits per heavy atom. The quantitative estimate of drug-likeness (QED) is 0.664. The summed E-state index contributed by atoms with van der Waals surface area (Å²) in [6.07, 6.45) is -0.525. The van der Waals surface area contributed by atoms with Gasteiger partial charge in [0.1, 0.15) is 11.0 Å². The maximum absolute atomic E-state index is 11.7. The second-order valence-electron chi connectivity index (χ2n) is 4.97. The van der Waals surface area contributed by atoms with Crippen molar-refractivity contribution in [3.05, 3.63) is 18.2 Å². The number of anilines is 1. The molecule has 0 spiro atoms. The predicted molar refractivity (Wildman–Crippen MR) is 80.9 cm³/mol. The molecule has 0 saturated heterocycles. The van der Waals surface area contributed by atoms with E-state index in [1.54, 1.807) is 20.8 Å². The lowest BCUT2D eigenvalue weighted by atomic mass is 10.2. The van der Waals surface area contributed by atoms with E-state index in [1.165, 1.54) is 11.3 Å². The minimum absolute atomic E-state index is 0.480. The third-order valence-corrected chi connectivity index (χ3v) is 3.65. The highest BCUT2D eigenvalue weighted by molar-refractivity contribution is 8.03. The number of thiocyanates is 1. The lowest BCUT2D eigenvalue weighted by Crippen LogP contribution is -2.27. The van der Waals surface area contributed by atoms with Crippen molar-refractivity contribution in [2.24, 2.45) is 0 Å². The lowest BCUT2D eigenvalue weighted by molar-refractivity contribution is 0.0636. The van der Waals surface area contributed by atoms with Crippen LogP contribution in [0.15, 0.2) is 23.1 Å². The van der Waals surface area contributed by atoms with Gasteiger partial charge in [-0.3, -0.25) is 5.32 Å². The smallest absolute Gasteiger partial charge is 0.413 e. The minimum atomic E-state index is -0.544. The number of hydrogen-bond donors (Lipinski definition) is 1. The molecule has 0 bridgehead atoms. The summed E-state index contributed by atoms with van der Waals surface area (Å²) in [4.78, 5) is 16.8. The number of ether oxygens (including phenoxy) is 1. The highest BCUT2D eigenvalue weighted by atomic mass is 32.2. The molecule has 0 aliphatic carbocycles. The van der Waals surface area contributed by atoms with Gasteiger partial charge in [0.05, 0.1) is 10.2 Å². The van der Waals surface area contributed by atoms with Gasteiger partial charge in [-0.2, -0.15) is 5.26 Å². The van der Waals surface area contributed by atoms with Gasteiger partial charge in [0.15, 0.2) is 5.13 Å². The summed E-state index contributed by atoms with van der Waals surface area (Å²) in [7, 11) is 0. The highest BCUT2D eigenvalue weighted by Gasteiger charge is 2.17. The van der Waals surface area contributed by atoms with Gasteiger partial charge in [-0.05, 0) is 50.7 Å². The van der Waals surface area contributed by atoms with E-state index < -0.39 is 11.7 Å². The van der Waals surface area contributed by atoms with E-state index in [0.29, 0.717) is 5.13 Å². The SMILES string of the molecule is CC(C)(C)OC(=O)Nc1nc2ccc(SC#N)cc2s1. The molecule has 1 aromatic heterocycles. The van der Waals surface area contributed by atoms with Crippen LogP contribution in [0.3, 0.4) is 0 Å². The van der Waals surface area contributed by atoms with E-state index in [9.17, 15) is 4.79 Å². The average Bonchev–Trinajstić information content (AvgIpc) is 2.67. The molecule has 1 heterocycles. The summed E-state index contributed by atoms with van der Waals surface area (Å²) in [6, 6.07) is 5.53. The van der Waals surface area contributed by atoms with Gasteiger partial charge < -0.3 is 4.74 Å². The van der Waals surface area contributed by atoms with Crippen LogP contribution < -0.4 is 5.32 Å². The zero-order valence-corrected chi connectivity index (χ0v) is 12.9. The second-order valence-corrected chi connectivity index (χ2v) is 6.86. The number of fused-ring (bicyclic) bond motifs is 1. The number of thiazole rings is 1. The van der Waals surface area contributed by atoms with E-state index in [-0.39, 0.29) is 0 Å². The van der Waals surface area contributed by atoms with Crippen LogP contribution in [0.4, 0.5) is 9.93 Å². The number of rotatable bonds is 2. The number of hydrogen-bond acceptors (Lipinski definition) is 6. The molecule has 1 amide bonds. The van der Waals surface area contributed by atoms with Crippen LogP contribution in [0.2, 0.25) is 0 Å². The van der Waals surface area contributed by atoms with E-state index in [0.717, 1.165) is 26.9 Å². The molecule has 2 aromatic rings. The number of benzene rings is 1. The first-order valence-electron chi connectivity index (χ1n) is 5.84. The third kappa shape index (κ3) is 3.85. The summed E-state index contributed by atoms with van der Waals surface area (Å²) in [5, 5.41) is 13.8. The van der Waals surface area contributed by atoms with Crippen LogP contribution in [-0.4, -0.2) is 16.7 Å². The number of aromatic nitrogens is 1.